The number of carbonyl (C=O) groups excluding carboxylic acids is 1. The molecular weight excluding hydrogens is 190 g/mol. The van der Waals surface area contributed by atoms with Crippen LogP contribution in [0.25, 0.3) is 0 Å². The lowest BCUT2D eigenvalue weighted by Crippen LogP contribution is -2.24. The van der Waals surface area contributed by atoms with Gasteiger partial charge >= 0.3 is 6.03 Å². The first-order valence-corrected chi connectivity index (χ1v) is 4.87. The highest BCUT2D eigenvalue weighted by Gasteiger charge is 1.98. The van der Waals surface area contributed by atoms with Crippen LogP contribution in [0.3, 0.4) is 0 Å². The number of nitrogens with two attached hydrogens (primary N) is 1. The fraction of sp³-hybridized carbons (Fsp3) is 0.455. The minimum Gasteiger partial charge on any atom is -0.350 e. The van der Waals surface area contributed by atoms with Gasteiger partial charge in [-0.1, -0.05) is 31.6 Å². The van der Waals surface area contributed by atoms with Crippen molar-refractivity contribution in [3.05, 3.63) is 23.3 Å². The largest absolute Gasteiger partial charge is 0.350 e. The molecule has 0 atom stereocenters. The van der Waals surface area contributed by atoms with E-state index in [9.17, 15) is 4.79 Å². The van der Waals surface area contributed by atoms with Gasteiger partial charge in [-0.3, -0.25) is 0 Å². The monoisotopic (exact) mass is 209 g/mol. The second-order valence-corrected chi connectivity index (χ2v) is 3.80. The number of rotatable bonds is 4. The Hall–Kier alpha value is -1.58. The van der Waals surface area contributed by atoms with Gasteiger partial charge in [0.05, 0.1) is 6.21 Å². The lowest BCUT2D eigenvalue weighted by atomic mass is 10.0. The molecule has 84 valence electrons. The highest BCUT2D eigenvalue weighted by atomic mass is 16.2. The SMILES string of the molecule is CC(C)=C/C=C(/C=N/NC(N)=O)C(C)C. The summed E-state index contributed by atoms with van der Waals surface area (Å²) < 4.78 is 0. The number of carbonyl (C=O) groups is 1. The van der Waals surface area contributed by atoms with E-state index in [1.54, 1.807) is 6.21 Å². The Kier molecular flexibility index (Phi) is 6.09. The zero-order valence-corrected chi connectivity index (χ0v) is 9.74. The molecule has 4 nitrogen and oxygen atoms in total. The van der Waals surface area contributed by atoms with Crippen molar-refractivity contribution < 1.29 is 4.79 Å². The van der Waals surface area contributed by atoms with Crippen molar-refractivity contribution in [3.8, 4) is 0 Å². The summed E-state index contributed by atoms with van der Waals surface area (Å²) in [4.78, 5) is 10.4. The molecule has 0 radical (unpaired) electrons. The van der Waals surface area contributed by atoms with Gasteiger partial charge in [-0.05, 0) is 25.3 Å². The lowest BCUT2D eigenvalue weighted by molar-refractivity contribution is 0.249. The fourth-order valence-electron chi connectivity index (χ4n) is 0.818. The molecule has 0 unspecified atom stereocenters. The minimum absolute atomic E-state index is 0.346. The Bertz CT molecular complexity index is 297. The molecule has 0 aromatic carbocycles. The van der Waals surface area contributed by atoms with Gasteiger partial charge in [0.1, 0.15) is 0 Å². The number of hydrazone groups is 1. The van der Waals surface area contributed by atoms with E-state index in [4.69, 9.17) is 5.73 Å². The third kappa shape index (κ3) is 7.49. The van der Waals surface area contributed by atoms with Crippen LogP contribution in [0.5, 0.6) is 0 Å². The minimum atomic E-state index is -0.656. The molecule has 0 aromatic heterocycles. The molecule has 0 heterocycles. The first kappa shape index (κ1) is 13.4. The second-order valence-electron chi connectivity index (χ2n) is 3.80. The van der Waals surface area contributed by atoms with E-state index < -0.39 is 6.03 Å². The van der Waals surface area contributed by atoms with Gasteiger partial charge < -0.3 is 5.73 Å². The molecule has 3 N–H and O–H groups in total. The van der Waals surface area contributed by atoms with Gasteiger partial charge in [-0.25, -0.2) is 10.2 Å². The molecule has 0 fully saturated rings. The number of urea groups is 1. The number of nitrogens with one attached hydrogen (secondary N) is 1. The Morgan fingerprint density at radius 1 is 1.33 bits per heavy atom. The zero-order chi connectivity index (χ0) is 11.8. The number of hydrogen-bond acceptors (Lipinski definition) is 2. The molecule has 15 heavy (non-hydrogen) atoms. The topological polar surface area (TPSA) is 67.5 Å². The number of hydrogen-bond donors (Lipinski definition) is 2. The third-order valence-corrected chi connectivity index (χ3v) is 1.66. The van der Waals surface area contributed by atoms with Crippen molar-refractivity contribution in [2.75, 3.05) is 0 Å². The molecule has 0 aliphatic rings. The van der Waals surface area contributed by atoms with Gasteiger partial charge in [0.2, 0.25) is 0 Å². The van der Waals surface area contributed by atoms with Crippen LogP contribution in [0.2, 0.25) is 0 Å². The average molecular weight is 209 g/mol. The number of primary amides is 1. The number of nitrogens with zero attached hydrogens (tertiary/aromatic N) is 1. The van der Waals surface area contributed by atoms with Gasteiger partial charge in [0, 0.05) is 0 Å². The maximum atomic E-state index is 10.4. The Balaban J connectivity index is 4.55. The van der Waals surface area contributed by atoms with Crippen molar-refractivity contribution in [3.63, 3.8) is 0 Å². The summed E-state index contributed by atoms with van der Waals surface area (Å²) in [5.41, 5.74) is 9.29. The van der Waals surface area contributed by atoms with Gasteiger partial charge in [0.25, 0.3) is 0 Å². The predicted octanol–water partition coefficient (Wildman–Crippen LogP) is 2.19. The van der Waals surface area contributed by atoms with E-state index in [0.29, 0.717) is 5.92 Å². The van der Waals surface area contributed by atoms with Crippen molar-refractivity contribution in [2.24, 2.45) is 16.8 Å². The molecule has 2 amide bonds. The van der Waals surface area contributed by atoms with Crippen molar-refractivity contribution >= 4 is 12.2 Å². The predicted molar refractivity (Wildman–Crippen MR) is 63.6 cm³/mol. The Labute approximate surface area is 90.9 Å². The molecule has 0 aliphatic heterocycles. The molecule has 0 aliphatic carbocycles. The molecule has 0 aromatic rings. The lowest BCUT2D eigenvalue weighted by Gasteiger charge is -2.04. The van der Waals surface area contributed by atoms with Crippen LogP contribution in [0.1, 0.15) is 27.7 Å². The average Bonchev–Trinajstić information content (AvgIpc) is 2.09. The Morgan fingerprint density at radius 2 is 1.93 bits per heavy atom. The van der Waals surface area contributed by atoms with E-state index in [1.165, 1.54) is 5.57 Å². The zero-order valence-electron chi connectivity index (χ0n) is 9.74. The molecule has 0 rings (SSSR count). The van der Waals surface area contributed by atoms with E-state index in [1.807, 2.05) is 26.0 Å². The van der Waals surface area contributed by atoms with Crippen LogP contribution in [0.4, 0.5) is 4.79 Å². The summed E-state index contributed by atoms with van der Waals surface area (Å²) in [6.45, 7) is 8.16. The van der Waals surface area contributed by atoms with E-state index >= 15 is 0 Å². The highest BCUT2D eigenvalue weighted by molar-refractivity contribution is 5.81. The van der Waals surface area contributed by atoms with Crippen LogP contribution in [-0.2, 0) is 0 Å². The molecule has 4 heteroatoms. The number of allylic oxidation sites excluding steroid dienone is 4. The van der Waals surface area contributed by atoms with Crippen LogP contribution < -0.4 is 11.2 Å². The van der Waals surface area contributed by atoms with Crippen molar-refractivity contribution in [1.82, 2.24) is 5.43 Å². The maximum Gasteiger partial charge on any atom is 0.332 e. The van der Waals surface area contributed by atoms with Crippen molar-refractivity contribution in [1.29, 1.82) is 0 Å². The van der Waals surface area contributed by atoms with Crippen molar-refractivity contribution in [2.45, 2.75) is 27.7 Å². The van der Waals surface area contributed by atoms with Crippen LogP contribution >= 0.6 is 0 Å². The molecule has 0 spiro atoms. The van der Waals surface area contributed by atoms with E-state index in [2.05, 4.69) is 24.4 Å². The molecular formula is C11H19N3O. The second kappa shape index (κ2) is 6.81. The quantitative estimate of drug-likeness (QED) is 0.416. The summed E-state index contributed by atoms with van der Waals surface area (Å²) in [7, 11) is 0. The molecule has 0 saturated carbocycles. The van der Waals surface area contributed by atoms with Crippen LogP contribution in [0, 0.1) is 5.92 Å². The standard InChI is InChI=1S/C11H19N3O/c1-8(2)5-6-10(9(3)4)7-13-14-11(12)15/h5-7,9H,1-4H3,(H3,12,14,15)/b10-6-,13-7+. The summed E-state index contributed by atoms with van der Waals surface area (Å²) >= 11 is 0. The van der Waals surface area contributed by atoms with E-state index in [-0.39, 0.29) is 0 Å². The summed E-state index contributed by atoms with van der Waals surface area (Å²) in [5.74, 6) is 0.346. The summed E-state index contributed by atoms with van der Waals surface area (Å²) in [6.07, 6.45) is 5.59. The smallest absolute Gasteiger partial charge is 0.332 e. The van der Waals surface area contributed by atoms with Gasteiger partial charge in [-0.15, -0.1) is 0 Å². The van der Waals surface area contributed by atoms with E-state index in [0.717, 1.165) is 5.57 Å². The first-order chi connectivity index (χ1) is 6.93. The molecule has 0 bridgehead atoms. The first-order valence-electron chi connectivity index (χ1n) is 4.87. The number of amides is 2. The normalized spacial score (nSPS) is 11.9. The molecule has 0 saturated heterocycles. The summed E-state index contributed by atoms with van der Waals surface area (Å²) in [5, 5.41) is 3.72. The van der Waals surface area contributed by atoms with Crippen LogP contribution in [0.15, 0.2) is 28.4 Å². The van der Waals surface area contributed by atoms with Gasteiger partial charge in [0.15, 0.2) is 0 Å². The third-order valence-electron chi connectivity index (χ3n) is 1.66. The van der Waals surface area contributed by atoms with Gasteiger partial charge in [-0.2, -0.15) is 5.10 Å². The maximum absolute atomic E-state index is 10.4. The summed E-state index contributed by atoms with van der Waals surface area (Å²) in [6, 6.07) is -0.656. The fourth-order valence-corrected chi connectivity index (χ4v) is 0.818. The Morgan fingerprint density at radius 3 is 2.33 bits per heavy atom. The van der Waals surface area contributed by atoms with Crippen LogP contribution in [-0.4, -0.2) is 12.2 Å². The highest BCUT2D eigenvalue weighted by Crippen LogP contribution is 2.07.